The van der Waals surface area contributed by atoms with Crippen LogP contribution in [0.5, 0.6) is 0 Å². The Balaban J connectivity index is 0.00000180. The van der Waals surface area contributed by atoms with E-state index in [1.165, 1.54) is 12.8 Å². The van der Waals surface area contributed by atoms with Gasteiger partial charge in [-0.2, -0.15) is 5.10 Å². The van der Waals surface area contributed by atoms with E-state index in [0.29, 0.717) is 12.5 Å². The van der Waals surface area contributed by atoms with Crippen LogP contribution in [0.2, 0.25) is 0 Å². The SMILES string of the molecule is Cc1nn(C)c(C)c1NC(=O)CCC1CCCN1.Cl. The van der Waals surface area contributed by atoms with Crippen LogP contribution in [0.25, 0.3) is 0 Å². The number of hydrogen-bond acceptors (Lipinski definition) is 3. The maximum absolute atomic E-state index is 11.9. The van der Waals surface area contributed by atoms with E-state index in [-0.39, 0.29) is 18.3 Å². The van der Waals surface area contributed by atoms with Crippen molar-refractivity contribution < 1.29 is 4.79 Å². The third-order valence-corrected chi connectivity index (χ3v) is 3.66. The highest BCUT2D eigenvalue weighted by molar-refractivity contribution is 5.91. The standard InChI is InChI=1S/C13H22N4O.ClH/c1-9-13(10(2)17(3)16-9)15-12(18)7-6-11-5-4-8-14-11;/h11,14H,4-8H2,1-3H3,(H,15,18);1H. The molecule has 1 fully saturated rings. The number of nitrogens with zero attached hydrogens (tertiary/aromatic N) is 2. The smallest absolute Gasteiger partial charge is 0.224 e. The second kappa shape index (κ2) is 6.91. The van der Waals surface area contributed by atoms with Crippen molar-refractivity contribution in [3.05, 3.63) is 11.4 Å². The van der Waals surface area contributed by atoms with E-state index in [4.69, 9.17) is 0 Å². The molecular weight excluding hydrogens is 264 g/mol. The van der Waals surface area contributed by atoms with Crippen molar-refractivity contribution in [3.63, 3.8) is 0 Å². The number of rotatable bonds is 4. The van der Waals surface area contributed by atoms with Gasteiger partial charge in [-0.1, -0.05) is 0 Å². The molecule has 19 heavy (non-hydrogen) atoms. The van der Waals surface area contributed by atoms with Crippen molar-refractivity contribution in [1.82, 2.24) is 15.1 Å². The van der Waals surface area contributed by atoms with Gasteiger partial charge in [0.05, 0.1) is 17.1 Å². The number of aryl methyl sites for hydroxylation is 2. The number of anilines is 1. The van der Waals surface area contributed by atoms with Crippen LogP contribution in [0.1, 0.15) is 37.1 Å². The van der Waals surface area contributed by atoms with Gasteiger partial charge < -0.3 is 10.6 Å². The number of nitrogens with one attached hydrogen (secondary N) is 2. The van der Waals surface area contributed by atoms with Crippen LogP contribution in [0, 0.1) is 13.8 Å². The summed E-state index contributed by atoms with van der Waals surface area (Å²) in [6.07, 6.45) is 3.92. The Hall–Kier alpha value is -1.07. The maximum atomic E-state index is 11.9. The zero-order valence-electron chi connectivity index (χ0n) is 11.8. The Labute approximate surface area is 120 Å². The van der Waals surface area contributed by atoms with Crippen LogP contribution in [-0.4, -0.2) is 28.3 Å². The summed E-state index contributed by atoms with van der Waals surface area (Å²) in [5.74, 6) is 0.0860. The van der Waals surface area contributed by atoms with E-state index in [0.717, 1.165) is 30.0 Å². The molecule has 0 aromatic carbocycles. The fraction of sp³-hybridized carbons (Fsp3) is 0.692. The lowest BCUT2D eigenvalue weighted by Gasteiger charge is -2.10. The second-order valence-electron chi connectivity index (χ2n) is 5.05. The van der Waals surface area contributed by atoms with Gasteiger partial charge in [0.1, 0.15) is 0 Å². The van der Waals surface area contributed by atoms with Crippen molar-refractivity contribution in [2.24, 2.45) is 7.05 Å². The van der Waals surface area contributed by atoms with Crippen molar-refractivity contribution in [2.75, 3.05) is 11.9 Å². The van der Waals surface area contributed by atoms with E-state index in [1.807, 2.05) is 20.9 Å². The molecule has 2 heterocycles. The molecule has 1 aliphatic rings. The van der Waals surface area contributed by atoms with Gasteiger partial charge in [-0.15, -0.1) is 12.4 Å². The van der Waals surface area contributed by atoms with Crippen LogP contribution in [0.4, 0.5) is 5.69 Å². The predicted molar refractivity (Wildman–Crippen MR) is 78.8 cm³/mol. The maximum Gasteiger partial charge on any atom is 0.224 e. The van der Waals surface area contributed by atoms with Gasteiger partial charge in [0.2, 0.25) is 5.91 Å². The topological polar surface area (TPSA) is 59.0 Å². The first-order valence-electron chi connectivity index (χ1n) is 6.61. The van der Waals surface area contributed by atoms with Gasteiger partial charge in [-0.3, -0.25) is 9.48 Å². The van der Waals surface area contributed by atoms with Crippen LogP contribution < -0.4 is 10.6 Å². The summed E-state index contributed by atoms with van der Waals surface area (Å²) in [6.45, 7) is 4.97. The summed E-state index contributed by atoms with van der Waals surface area (Å²) < 4.78 is 1.80. The minimum Gasteiger partial charge on any atom is -0.323 e. The quantitative estimate of drug-likeness (QED) is 0.889. The number of carbonyl (C=O) groups is 1. The van der Waals surface area contributed by atoms with Gasteiger partial charge in [-0.05, 0) is 39.7 Å². The lowest BCUT2D eigenvalue weighted by Crippen LogP contribution is -2.23. The summed E-state index contributed by atoms with van der Waals surface area (Å²) >= 11 is 0. The first kappa shape index (κ1) is 16.0. The second-order valence-corrected chi connectivity index (χ2v) is 5.05. The van der Waals surface area contributed by atoms with E-state index in [2.05, 4.69) is 15.7 Å². The normalized spacial score (nSPS) is 18.2. The molecule has 2 rings (SSSR count). The number of hydrogen-bond donors (Lipinski definition) is 2. The molecule has 1 aliphatic heterocycles. The minimum absolute atomic E-state index is 0. The lowest BCUT2D eigenvalue weighted by molar-refractivity contribution is -0.116. The molecule has 1 amide bonds. The molecule has 0 bridgehead atoms. The van der Waals surface area contributed by atoms with E-state index in [9.17, 15) is 4.79 Å². The highest BCUT2D eigenvalue weighted by Crippen LogP contribution is 2.19. The van der Waals surface area contributed by atoms with Crippen molar-refractivity contribution >= 4 is 24.0 Å². The van der Waals surface area contributed by atoms with Gasteiger partial charge in [0, 0.05) is 19.5 Å². The molecule has 2 N–H and O–H groups in total. The molecule has 1 saturated heterocycles. The summed E-state index contributed by atoms with van der Waals surface area (Å²) in [5, 5.41) is 10.7. The van der Waals surface area contributed by atoms with Gasteiger partial charge in [0.25, 0.3) is 0 Å². The lowest BCUT2D eigenvalue weighted by atomic mass is 10.1. The Morgan fingerprint density at radius 2 is 2.26 bits per heavy atom. The minimum atomic E-state index is 0. The molecule has 0 radical (unpaired) electrons. The molecule has 0 aliphatic carbocycles. The van der Waals surface area contributed by atoms with E-state index < -0.39 is 0 Å². The summed E-state index contributed by atoms with van der Waals surface area (Å²) in [6, 6.07) is 0.520. The third-order valence-electron chi connectivity index (χ3n) is 3.66. The Morgan fingerprint density at radius 1 is 1.53 bits per heavy atom. The molecule has 1 unspecified atom stereocenters. The van der Waals surface area contributed by atoms with Crippen LogP contribution in [0.15, 0.2) is 0 Å². The highest BCUT2D eigenvalue weighted by Gasteiger charge is 2.17. The zero-order valence-corrected chi connectivity index (χ0v) is 12.6. The first-order chi connectivity index (χ1) is 8.58. The summed E-state index contributed by atoms with van der Waals surface area (Å²) in [7, 11) is 1.89. The molecule has 6 heteroatoms. The molecule has 1 atom stereocenters. The van der Waals surface area contributed by atoms with Crippen molar-refractivity contribution in [2.45, 2.75) is 45.6 Å². The van der Waals surface area contributed by atoms with Crippen molar-refractivity contribution in [3.8, 4) is 0 Å². The van der Waals surface area contributed by atoms with Crippen LogP contribution in [-0.2, 0) is 11.8 Å². The molecule has 1 aromatic heterocycles. The predicted octanol–water partition coefficient (Wildman–Crippen LogP) is 1.93. The largest absolute Gasteiger partial charge is 0.323 e. The van der Waals surface area contributed by atoms with Crippen LogP contribution in [0.3, 0.4) is 0 Å². The molecule has 0 spiro atoms. The van der Waals surface area contributed by atoms with E-state index in [1.54, 1.807) is 4.68 Å². The molecule has 1 aromatic rings. The number of carbonyl (C=O) groups excluding carboxylic acids is 1. The third kappa shape index (κ3) is 3.94. The Kier molecular flexibility index (Phi) is 5.82. The van der Waals surface area contributed by atoms with Gasteiger partial charge in [-0.25, -0.2) is 0 Å². The highest BCUT2D eigenvalue weighted by atomic mass is 35.5. The average molecular weight is 287 g/mol. The zero-order chi connectivity index (χ0) is 13.1. The number of amides is 1. The first-order valence-corrected chi connectivity index (χ1v) is 6.61. The Morgan fingerprint density at radius 3 is 2.79 bits per heavy atom. The number of aromatic nitrogens is 2. The van der Waals surface area contributed by atoms with Gasteiger partial charge in [0.15, 0.2) is 0 Å². The molecule has 5 nitrogen and oxygen atoms in total. The summed E-state index contributed by atoms with van der Waals surface area (Å²) in [5.41, 5.74) is 2.74. The van der Waals surface area contributed by atoms with Crippen LogP contribution >= 0.6 is 12.4 Å². The average Bonchev–Trinajstić information content (AvgIpc) is 2.92. The monoisotopic (exact) mass is 286 g/mol. The number of halogens is 1. The fourth-order valence-corrected chi connectivity index (χ4v) is 2.46. The fourth-order valence-electron chi connectivity index (χ4n) is 2.46. The van der Waals surface area contributed by atoms with E-state index >= 15 is 0 Å². The molecular formula is C13H23ClN4O. The van der Waals surface area contributed by atoms with Gasteiger partial charge >= 0.3 is 0 Å². The van der Waals surface area contributed by atoms with Crippen molar-refractivity contribution in [1.29, 1.82) is 0 Å². The molecule has 0 saturated carbocycles. The Bertz CT molecular complexity index is 438. The summed E-state index contributed by atoms with van der Waals surface area (Å²) in [4.78, 5) is 11.9. The molecule has 108 valence electrons.